The van der Waals surface area contributed by atoms with E-state index in [9.17, 15) is 4.79 Å². The van der Waals surface area contributed by atoms with Crippen LogP contribution in [0.5, 0.6) is 0 Å². The molecule has 2 atom stereocenters. The molecule has 0 fully saturated rings. The van der Waals surface area contributed by atoms with Crippen molar-refractivity contribution in [3.8, 4) is 0 Å². The van der Waals surface area contributed by atoms with Crippen LogP contribution >= 0.6 is 12.6 Å². The summed E-state index contributed by atoms with van der Waals surface area (Å²) < 4.78 is 0. The van der Waals surface area contributed by atoms with E-state index in [1.165, 1.54) is 0 Å². The first kappa shape index (κ1) is 20.2. The van der Waals surface area contributed by atoms with E-state index in [0.717, 1.165) is 31.6 Å². The number of nitrogens with one attached hydrogen (secondary N) is 1. The largest absolute Gasteiger partial charge is 0.345 e. The van der Waals surface area contributed by atoms with Crippen LogP contribution in [0.15, 0.2) is 16.6 Å². The molecule has 0 aromatic rings. The number of hydrogen-bond donors (Lipinski definition) is 2. The van der Waals surface area contributed by atoms with Crippen LogP contribution in [0.2, 0.25) is 0 Å². The number of carbonyl (C=O) groups is 1. The molecule has 1 amide bonds. The summed E-state index contributed by atoms with van der Waals surface area (Å²) in [6, 6.07) is 0. The molecule has 0 aromatic heterocycles. The number of hydrogen-bond acceptors (Lipinski definition) is 4. The Labute approximate surface area is 135 Å². The maximum atomic E-state index is 12.1. The van der Waals surface area contributed by atoms with Gasteiger partial charge in [0.05, 0.1) is 6.42 Å². The van der Waals surface area contributed by atoms with Gasteiger partial charge in [-0.1, -0.05) is 20.3 Å². The summed E-state index contributed by atoms with van der Waals surface area (Å²) in [4.78, 5) is 18.1. The molecule has 21 heavy (non-hydrogen) atoms. The highest BCUT2D eigenvalue weighted by Gasteiger charge is 2.17. The average molecular weight is 314 g/mol. The molecule has 0 saturated carbocycles. The van der Waals surface area contributed by atoms with Gasteiger partial charge in [0.1, 0.15) is 0 Å². The second kappa shape index (κ2) is 11.8. The normalized spacial score (nSPS) is 15.2. The van der Waals surface area contributed by atoms with Crippen molar-refractivity contribution in [2.75, 3.05) is 27.2 Å². The van der Waals surface area contributed by atoms with Crippen molar-refractivity contribution in [3.05, 3.63) is 11.6 Å². The molecule has 0 saturated heterocycles. The van der Waals surface area contributed by atoms with Gasteiger partial charge in [0, 0.05) is 25.5 Å². The van der Waals surface area contributed by atoms with Crippen molar-refractivity contribution >= 4 is 24.2 Å². The molecule has 122 valence electrons. The molecule has 4 nitrogen and oxygen atoms in total. The molecule has 5 heteroatoms. The molecule has 0 heterocycles. The Morgan fingerprint density at radius 1 is 1.48 bits per heavy atom. The van der Waals surface area contributed by atoms with Gasteiger partial charge in [-0.05, 0) is 44.2 Å². The fourth-order valence-electron chi connectivity index (χ4n) is 2.42. The van der Waals surface area contributed by atoms with Crippen molar-refractivity contribution in [1.82, 2.24) is 10.2 Å². The minimum atomic E-state index is 0.125. The first-order valence-electron chi connectivity index (χ1n) is 7.67. The molecular weight excluding hydrogens is 282 g/mol. The lowest BCUT2D eigenvalue weighted by Gasteiger charge is -2.25. The average Bonchev–Trinajstić information content (AvgIpc) is 2.45. The summed E-state index contributed by atoms with van der Waals surface area (Å²) in [5.74, 6) is 1.40. The van der Waals surface area contributed by atoms with E-state index in [4.69, 9.17) is 0 Å². The van der Waals surface area contributed by atoms with E-state index in [1.54, 1.807) is 11.6 Å². The molecule has 0 spiro atoms. The summed E-state index contributed by atoms with van der Waals surface area (Å²) in [7, 11) is 3.86. The number of aliphatic imine (C=N–C) groups is 1. The minimum absolute atomic E-state index is 0.125. The van der Waals surface area contributed by atoms with E-state index < -0.39 is 0 Å². The van der Waals surface area contributed by atoms with Gasteiger partial charge in [0.25, 0.3) is 0 Å². The van der Waals surface area contributed by atoms with Crippen molar-refractivity contribution in [2.24, 2.45) is 16.8 Å². The maximum Gasteiger partial charge on any atom is 0.227 e. The fourth-order valence-corrected chi connectivity index (χ4v) is 2.49. The van der Waals surface area contributed by atoms with Crippen LogP contribution in [0, 0.1) is 11.8 Å². The molecule has 0 radical (unpaired) electrons. The third-order valence-corrected chi connectivity index (χ3v) is 4.02. The Morgan fingerprint density at radius 3 is 2.67 bits per heavy atom. The highest BCUT2D eigenvalue weighted by atomic mass is 32.1. The number of thiol groups is 1. The van der Waals surface area contributed by atoms with Crippen LogP contribution in [0.1, 0.15) is 40.0 Å². The Balaban J connectivity index is 4.28. The quantitative estimate of drug-likeness (QED) is 0.481. The number of nitrogens with zero attached hydrogens (tertiary/aromatic N) is 2. The first-order valence-corrected chi connectivity index (χ1v) is 8.18. The molecule has 0 aliphatic rings. The van der Waals surface area contributed by atoms with Crippen molar-refractivity contribution in [1.29, 1.82) is 0 Å². The van der Waals surface area contributed by atoms with E-state index in [2.05, 4.69) is 36.8 Å². The molecule has 0 aliphatic heterocycles. The summed E-state index contributed by atoms with van der Waals surface area (Å²) in [5.41, 5.74) is 0.813. The molecule has 0 rings (SSSR count). The van der Waals surface area contributed by atoms with Crippen LogP contribution in [-0.2, 0) is 4.79 Å². The SMILES string of the molecule is CCC(CCN(C)C(=O)CC(C)=N/C=C\S)C(C)CNC. The number of amides is 1. The van der Waals surface area contributed by atoms with Crippen LogP contribution in [0.3, 0.4) is 0 Å². The smallest absolute Gasteiger partial charge is 0.227 e. The topological polar surface area (TPSA) is 44.7 Å². The van der Waals surface area contributed by atoms with Crippen molar-refractivity contribution in [3.63, 3.8) is 0 Å². The standard InChI is InChI=1S/C16H31N3OS/c1-6-15(13(2)12-17-4)7-9-19(5)16(20)11-14(3)18-8-10-21/h8,10,13,15,17,21H,6-7,9,11-12H2,1-5H3/b10-8-,18-14?. The Bertz CT molecular complexity index is 355. The number of carbonyl (C=O) groups excluding carboxylic acids is 1. The first-order chi connectivity index (χ1) is 9.96. The summed E-state index contributed by atoms with van der Waals surface area (Å²) >= 11 is 3.94. The molecule has 0 bridgehead atoms. The summed E-state index contributed by atoms with van der Waals surface area (Å²) in [6.07, 6.45) is 4.17. The second-order valence-electron chi connectivity index (χ2n) is 5.65. The number of rotatable bonds is 10. The van der Waals surface area contributed by atoms with Crippen LogP contribution in [0.4, 0.5) is 0 Å². The van der Waals surface area contributed by atoms with E-state index >= 15 is 0 Å². The van der Waals surface area contributed by atoms with Gasteiger partial charge >= 0.3 is 0 Å². The molecular formula is C16H31N3OS. The van der Waals surface area contributed by atoms with E-state index in [0.29, 0.717) is 18.3 Å². The van der Waals surface area contributed by atoms with Crippen LogP contribution < -0.4 is 5.32 Å². The molecule has 0 aliphatic carbocycles. The highest BCUT2D eigenvalue weighted by molar-refractivity contribution is 7.83. The lowest BCUT2D eigenvalue weighted by Crippen LogP contribution is -2.32. The minimum Gasteiger partial charge on any atom is -0.345 e. The molecule has 0 aromatic carbocycles. The van der Waals surface area contributed by atoms with Gasteiger partial charge in [-0.25, -0.2) is 0 Å². The van der Waals surface area contributed by atoms with Crippen LogP contribution in [-0.4, -0.2) is 43.7 Å². The molecule has 2 unspecified atom stereocenters. The maximum absolute atomic E-state index is 12.1. The Hall–Kier alpha value is -0.810. The van der Waals surface area contributed by atoms with Crippen LogP contribution in [0.25, 0.3) is 0 Å². The Kier molecular flexibility index (Phi) is 11.4. The third-order valence-electron chi connectivity index (χ3n) is 3.88. The predicted octanol–water partition coefficient (Wildman–Crippen LogP) is 2.97. The van der Waals surface area contributed by atoms with Gasteiger partial charge in [0.15, 0.2) is 0 Å². The zero-order valence-corrected chi connectivity index (χ0v) is 15.0. The van der Waals surface area contributed by atoms with E-state index in [1.807, 2.05) is 25.9 Å². The zero-order chi connectivity index (χ0) is 16.3. The molecule has 1 N–H and O–H groups in total. The van der Waals surface area contributed by atoms with Crippen molar-refractivity contribution in [2.45, 2.75) is 40.0 Å². The van der Waals surface area contributed by atoms with Gasteiger partial charge in [0.2, 0.25) is 5.91 Å². The highest BCUT2D eigenvalue weighted by Crippen LogP contribution is 2.19. The van der Waals surface area contributed by atoms with Gasteiger partial charge < -0.3 is 10.2 Å². The third kappa shape index (κ3) is 8.94. The Morgan fingerprint density at radius 2 is 2.14 bits per heavy atom. The lowest BCUT2D eigenvalue weighted by atomic mass is 9.88. The lowest BCUT2D eigenvalue weighted by molar-refractivity contribution is -0.128. The zero-order valence-electron chi connectivity index (χ0n) is 14.1. The second-order valence-corrected chi connectivity index (χ2v) is 5.94. The van der Waals surface area contributed by atoms with Gasteiger partial charge in [-0.15, -0.1) is 12.6 Å². The monoisotopic (exact) mass is 313 g/mol. The van der Waals surface area contributed by atoms with Crippen molar-refractivity contribution < 1.29 is 4.79 Å². The van der Waals surface area contributed by atoms with Gasteiger partial charge in [-0.3, -0.25) is 9.79 Å². The van der Waals surface area contributed by atoms with E-state index in [-0.39, 0.29) is 5.91 Å². The van der Waals surface area contributed by atoms with Gasteiger partial charge in [-0.2, -0.15) is 0 Å². The summed E-state index contributed by atoms with van der Waals surface area (Å²) in [5, 5.41) is 4.79. The predicted molar refractivity (Wildman–Crippen MR) is 95.0 cm³/mol. The summed E-state index contributed by atoms with van der Waals surface area (Å²) in [6.45, 7) is 8.19. The fraction of sp³-hybridized carbons (Fsp3) is 0.750.